The number of nitrogens with zero attached hydrogens (tertiary/aromatic N) is 2. The number of ether oxygens (including phenoxy) is 1. The molecule has 1 aliphatic rings. The highest BCUT2D eigenvalue weighted by atomic mass is 19.1. The molecule has 1 saturated heterocycles. The van der Waals surface area contributed by atoms with Gasteiger partial charge in [-0.3, -0.25) is 9.78 Å². The fourth-order valence-corrected chi connectivity index (χ4v) is 3.67. The number of carbonyl (C=O) groups excluding carboxylic acids is 1. The summed E-state index contributed by atoms with van der Waals surface area (Å²) >= 11 is 0. The molecule has 0 radical (unpaired) electrons. The molecule has 0 aliphatic carbocycles. The third-order valence-electron chi connectivity index (χ3n) is 5.21. The van der Waals surface area contributed by atoms with E-state index in [0.29, 0.717) is 18.8 Å². The summed E-state index contributed by atoms with van der Waals surface area (Å²) in [5.74, 6) is -0.284. The standard InChI is InChI=1S/C22H22FN3O2/c23-17-6-2-4-8-20(17)28-14-21(27)26-11-9-15(10-12-26)22-18(24)13-16-5-1-3-7-19(16)25-22/h1-8,13,15H,9-12,14,24H2. The number of anilines is 1. The maximum absolute atomic E-state index is 13.6. The first-order valence-electron chi connectivity index (χ1n) is 9.42. The summed E-state index contributed by atoms with van der Waals surface area (Å²) in [7, 11) is 0. The van der Waals surface area contributed by atoms with Gasteiger partial charge in [-0.1, -0.05) is 30.3 Å². The highest BCUT2D eigenvalue weighted by Gasteiger charge is 2.26. The van der Waals surface area contributed by atoms with Crippen LogP contribution in [0.4, 0.5) is 10.1 Å². The van der Waals surface area contributed by atoms with E-state index in [-0.39, 0.29) is 24.2 Å². The Morgan fingerprint density at radius 3 is 2.64 bits per heavy atom. The molecule has 6 heteroatoms. The van der Waals surface area contributed by atoms with E-state index in [0.717, 1.165) is 29.4 Å². The summed E-state index contributed by atoms with van der Waals surface area (Å²) in [5, 5.41) is 1.03. The SMILES string of the molecule is Nc1cc2ccccc2nc1C1CCN(C(=O)COc2ccccc2F)CC1. The fraction of sp³-hybridized carbons (Fsp3) is 0.273. The molecular weight excluding hydrogens is 357 g/mol. The molecule has 1 amide bonds. The number of benzene rings is 2. The number of piperidine rings is 1. The van der Waals surface area contributed by atoms with Gasteiger partial charge in [-0.2, -0.15) is 0 Å². The van der Waals surface area contributed by atoms with Crippen LogP contribution in [0.1, 0.15) is 24.5 Å². The molecule has 1 aromatic heterocycles. The summed E-state index contributed by atoms with van der Waals surface area (Å²) < 4.78 is 18.9. The second-order valence-electron chi connectivity index (χ2n) is 7.03. The lowest BCUT2D eigenvalue weighted by Gasteiger charge is -2.32. The molecule has 1 fully saturated rings. The Kier molecular flexibility index (Phi) is 5.10. The molecule has 2 N–H and O–H groups in total. The molecule has 0 unspecified atom stereocenters. The van der Waals surface area contributed by atoms with Crippen molar-refractivity contribution in [2.24, 2.45) is 0 Å². The lowest BCUT2D eigenvalue weighted by molar-refractivity contribution is -0.134. The molecule has 5 nitrogen and oxygen atoms in total. The average Bonchev–Trinajstić information content (AvgIpc) is 2.72. The second-order valence-corrected chi connectivity index (χ2v) is 7.03. The van der Waals surface area contributed by atoms with Crippen molar-refractivity contribution in [3.05, 3.63) is 66.1 Å². The van der Waals surface area contributed by atoms with Gasteiger partial charge in [0.2, 0.25) is 0 Å². The minimum Gasteiger partial charge on any atom is -0.481 e. The lowest BCUT2D eigenvalue weighted by Crippen LogP contribution is -2.40. The monoisotopic (exact) mass is 379 g/mol. The molecular formula is C22H22FN3O2. The van der Waals surface area contributed by atoms with Crippen molar-refractivity contribution in [1.29, 1.82) is 0 Å². The predicted octanol–water partition coefficient (Wildman–Crippen LogP) is 3.74. The summed E-state index contributed by atoms with van der Waals surface area (Å²) in [6.07, 6.45) is 1.59. The zero-order valence-corrected chi connectivity index (χ0v) is 15.5. The molecule has 4 rings (SSSR count). The third kappa shape index (κ3) is 3.76. The van der Waals surface area contributed by atoms with Crippen molar-refractivity contribution in [2.75, 3.05) is 25.4 Å². The van der Waals surface area contributed by atoms with E-state index in [1.807, 2.05) is 30.3 Å². The maximum atomic E-state index is 13.6. The van der Waals surface area contributed by atoms with Crippen molar-refractivity contribution in [2.45, 2.75) is 18.8 Å². The van der Waals surface area contributed by atoms with Gasteiger partial charge in [0.15, 0.2) is 18.2 Å². The van der Waals surface area contributed by atoms with Gasteiger partial charge in [-0.25, -0.2) is 4.39 Å². The minimum absolute atomic E-state index is 0.0962. The van der Waals surface area contributed by atoms with E-state index in [1.54, 1.807) is 17.0 Å². The average molecular weight is 379 g/mol. The number of fused-ring (bicyclic) bond motifs is 1. The van der Waals surface area contributed by atoms with Gasteiger partial charge in [-0.15, -0.1) is 0 Å². The van der Waals surface area contributed by atoms with Crippen molar-refractivity contribution < 1.29 is 13.9 Å². The molecule has 28 heavy (non-hydrogen) atoms. The summed E-state index contributed by atoms with van der Waals surface area (Å²) in [4.78, 5) is 18.9. The number of amides is 1. The Balaban J connectivity index is 1.37. The summed E-state index contributed by atoms with van der Waals surface area (Å²) in [6, 6.07) is 16.0. The second kappa shape index (κ2) is 7.84. The van der Waals surface area contributed by atoms with Crippen LogP contribution < -0.4 is 10.5 Å². The van der Waals surface area contributed by atoms with Gasteiger partial charge in [0.25, 0.3) is 5.91 Å². The molecule has 0 bridgehead atoms. The zero-order valence-electron chi connectivity index (χ0n) is 15.5. The van der Waals surface area contributed by atoms with E-state index in [4.69, 9.17) is 15.5 Å². The van der Waals surface area contributed by atoms with Crippen LogP contribution >= 0.6 is 0 Å². The van der Waals surface area contributed by atoms with Crippen LogP contribution in [0.5, 0.6) is 5.75 Å². The van der Waals surface area contributed by atoms with Crippen molar-refractivity contribution in [3.63, 3.8) is 0 Å². The first kappa shape index (κ1) is 18.2. The maximum Gasteiger partial charge on any atom is 0.260 e. The van der Waals surface area contributed by atoms with Crippen LogP contribution in [0.25, 0.3) is 10.9 Å². The van der Waals surface area contributed by atoms with Gasteiger partial charge in [0.05, 0.1) is 16.9 Å². The summed E-state index contributed by atoms with van der Waals surface area (Å²) in [5.41, 5.74) is 8.78. The van der Waals surface area contributed by atoms with Gasteiger partial charge in [0.1, 0.15) is 0 Å². The van der Waals surface area contributed by atoms with Crippen LogP contribution in [-0.4, -0.2) is 35.5 Å². The molecule has 0 atom stereocenters. The van der Waals surface area contributed by atoms with E-state index < -0.39 is 5.82 Å². The normalized spacial score (nSPS) is 15.0. The number of hydrogen-bond acceptors (Lipinski definition) is 4. The number of carbonyl (C=O) groups is 1. The number of nitrogen functional groups attached to an aromatic ring is 1. The molecule has 2 heterocycles. The Labute approximate surface area is 162 Å². The Morgan fingerprint density at radius 1 is 1.14 bits per heavy atom. The Morgan fingerprint density at radius 2 is 1.86 bits per heavy atom. The van der Waals surface area contributed by atoms with Crippen molar-refractivity contribution >= 4 is 22.5 Å². The summed E-state index contributed by atoms with van der Waals surface area (Å²) in [6.45, 7) is 1.05. The minimum atomic E-state index is -0.466. The molecule has 1 aliphatic heterocycles. The van der Waals surface area contributed by atoms with Crippen LogP contribution in [0.2, 0.25) is 0 Å². The van der Waals surface area contributed by atoms with Crippen molar-refractivity contribution in [1.82, 2.24) is 9.88 Å². The molecule has 0 spiro atoms. The number of aromatic nitrogens is 1. The molecule has 144 valence electrons. The number of nitrogens with two attached hydrogens (primary N) is 1. The topological polar surface area (TPSA) is 68.5 Å². The van der Waals surface area contributed by atoms with Crippen molar-refractivity contribution in [3.8, 4) is 5.75 Å². The molecule has 3 aromatic rings. The van der Waals surface area contributed by atoms with E-state index in [1.165, 1.54) is 12.1 Å². The van der Waals surface area contributed by atoms with Gasteiger partial charge in [-0.05, 0) is 37.1 Å². The first-order valence-corrected chi connectivity index (χ1v) is 9.42. The molecule has 0 saturated carbocycles. The van der Waals surface area contributed by atoms with E-state index in [9.17, 15) is 9.18 Å². The Hall–Kier alpha value is -3.15. The number of likely N-dealkylation sites (tertiary alicyclic amines) is 1. The lowest BCUT2D eigenvalue weighted by atomic mass is 9.91. The fourth-order valence-electron chi connectivity index (χ4n) is 3.67. The molecule has 2 aromatic carbocycles. The van der Waals surface area contributed by atoms with Gasteiger partial charge >= 0.3 is 0 Å². The van der Waals surface area contributed by atoms with Crippen LogP contribution in [-0.2, 0) is 4.79 Å². The van der Waals surface area contributed by atoms with Crippen LogP contribution in [0.3, 0.4) is 0 Å². The third-order valence-corrected chi connectivity index (χ3v) is 5.21. The number of halogens is 1. The van der Waals surface area contributed by atoms with Gasteiger partial charge < -0.3 is 15.4 Å². The Bertz CT molecular complexity index is 1000. The van der Waals surface area contributed by atoms with E-state index >= 15 is 0 Å². The first-order chi connectivity index (χ1) is 13.6. The van der Waals surface area contributed by atoms with E-state index in [2.05, 4.69) is 0 Å². The zero-order chi connectivity index (χ0) is 19.5. The number of para-hydroxylation sites is 2. The largest absolute Gasteiger partial charge is 0.481 e. The van der Waals surface area contributed by atoms with Crippen LogP contribution in [0, 0.1) is 5.82 Å². The number of rotatable bonds is 4. The number of pyridine rings is 1. The highest BCUT2D eigenvalue weighted by Crippen LogP contribution is 2.32. The van der Waals surface area contributed by atoms with Crippen LogP contribution in [0.15, 0.2) is 54.6 Å². The van der Waals surface area contributed by atoms with Gasteiger partial charge in [0, 0.05) is 24.4 Å². The quantitative estimate of drug-likeness (QED) is 0.750. The highest BCUT2D eigenvalue weighted by molar-refractivity contribution is 5.82. The smallest absolute Gasteiger partial charge is 0.260 e. The predicted molar refractivity (Wildman–Crippen MR) is 107 cm³/mol. The number of hydrogen-bond donors (Lipinski definition) is 1.